The summed E-state index contributed by atoms with van der Waals surface area (Å²) in [4.78, 5) is 6.69. The highest BCUT2D eigenvalue weighted by atomic mass is 19.1. The molecule has 2 fully saturated rings. The third-order valence-corrected chi connectivity index (χ3v) is 4.82. The molecule has 2 aliphatic heterocycles. The van der Waals surface area contributed by atoms with Crippen molar-refractivity contribution in [1.82, 2.24) is 10.2 Å². The zero-order chi connectivity index (χ0) is 17.0. The molecule has 24 heavy (non-hydrogen) atoms. The second-order valence-electron chi connectivity index (χ2n) is 6.79. The van der Waals surface area contributed by atoms with E-state index in [1.165, 1.54) is 12.1 Å². The molecule has 1 aromatic rings. The lowest BCUT2D eigenvalue weighted by Gasteiger charge is -2.26. The fourth-order valence-corrected chi connectivity index (χ4v) is 3.47. The van der Waals surface area contributed by atoms with Crippen LogP contribution >= 0.6 is 0 Å². The first-order valence-corrected chi connectivity index (χ1v) is 8.56. The summed E-state index contributed by atoms with van der Waals surface area (Å²) >= 11 is 0. The zero-order valence-electron chi connectivity index (χ0n) is 14.4. The summed E-state index contributed by atoms with van der Waals surface area (Å²) < 4.78 is 24.5. The van der Waals surface area contributed by atoms with E-state index in [0.717, 1.165) is 45.1 Å². The summed E-state index contributed by atoms with van der Waals surface area (Å²) in [6.07, 6.45) is 2.21. The molecule has 0 aromatic heterocycles. The lowest BCUT2D eigenvalue weighted by molar-refractivity contribution is 0.156. The van der Waals surface area contributed by atoms with Crippen LogP contribution in [0.5, 0.6) is 5.75 Å². The minimum absolute atomic E-state index is 0.0880. The fourth-order valence-electron chi connectivity index (χ4n) is 3.47. The molecule has 5 nitrogen and oxygen atoms in total. The SMILES string of the molecule is CN=C(NCC(C)Oc1cccc(F)c1)N1CCC2(CCOC2)C1. The van der Waals surface area contributed by atoms with Gasteiger partial charge in [0.15, 0.2) is 5.96 Å². The third-order valence-electron chi connectivity index (χ3n) is 4.82. The predicted octanol–water partition coefficient (Wildman–Crippen LogP) is 2.28. The first-order chi connectivity index (χ1) is 11.6. The molecule has 0 amide bonds. The average Bonchev–Trinajstić information content (AvgIpc) is 3.19. The molecule has 1 aromatic carbocycles. The van der Waals surface area contributed by atoms with E-state index in [0.29, 0.717) is 17.7 Å². The number of likely N-dealkylation sites (tertiary alicyclic amines) is 1. The molecule has 0 aliphatic carbocycles. The van der Waals surface area contributed by atoms with Gasteiger partial charge in [-0.15, -0.1) is 0 Å². The number of rotatable bonds is 4. The molecule has 1 spiro atoms. The molecular weight excluding hydrogens is 309 g/mol. The average molecular weight is 335 g/mol. The van der Waals surface area contributed by atoms with Crippen LogP contribution in [0.2, 0.25) is 0 Å². The lowest BCUT2D eigenvalue weighted by atomic mass is 9.87. The second kappa shape index (κ2) is 7.38. The molecule has 0 saturated carbocycles. The van der Waals surface area contributed by atoms with Crippen LogP contribution < -0.4 is 10.1 Å². The molecule has 2 unspecified atom stereocenters. The van der Waals surface area contributed by atoms with Crippen molar-refractivity contribution in [1.29, 1.82) is 0 Å². The van der Waals surface area contributed by atoms with Gasteiger partial charge in [-0.2, -0.15) is 0 Å². The largest absolute Gasteiger partial charge is 0.489 e. The number of nitrogens with zero attached hydrogens (tertiary/aromatic N) is 2. The van der Waals surface area contributed by atoms with Gasteiger partial charge >= 0.3 is 0 Å². The maximum Gasteiger partial charge on any atom is 0.193 e. The van der Waals surface area contributed by atoms with Crippen molar-refractivity contribution < 1.29 is 13.9 Å². The van der Waals surface area contributed by atoms with Gasteiger partial charge in [-0.3, -0.25) is 4.99 Å². The first kappa shape index (κ1) is 17.0. The van der Waals surface area contributed by atoms with Crippen molar-refractivity contribution in [3.8, 4) is 5.75 Å². The molecular formula is C18H26FN3O2. The fraction of sp³-hybridized carbons (Fsp3) is 0.611. The number of nitrogens with one attached hydrogen (secondary N) is 1. The van der Waals surface area contributed by atoms with Gasteiger partial charge in [0, 0.05) is 38.2 Å². The number of aliphatic imine (C=N–C) groups is 1. The number of hydrogen-bond donors (Lipinski definition) is 1. The van der Waals surface area contributed by atoms with Crippen LogP contribution in [0.15, 0.2) is 29.3 Å². The Balaban J connectivity index is 1.49. The summed E-state index contributed by atoms with van der Waals surface area (Å²) in [6.45, 7) is 6.30. The first-order valence-electron chi connectivity index (χ1n) is 8.56. The number of ether oxygens (including phenoxy) is 2. The monoisotopic (exact) mass is 335 g/mol. The Morgan fingerprint density at radius 1 is 1.50 bits per heavy atom. The Hall–Kier alpha value is -1.82. The van der Waals surface area contributed by atoms with Gasteiger partial charge in [0.05, 0.1) is 13.2 Å². The molecule has 2 aliphatic rings. The van der Waals surface area contributed by atoms with Gasteiger partial charge in [-0.1, -0.05) is 6.07 Å². The lowest BCUT2D eigenvalue weighted by Crippen LogP contribution is -2.44. The second-order valence-corrected chi connectivity index (χ2v) is 6.79. The van der Waals surface area contributed by atoms with Crippen molar-refractivity contribution in [2.75, 3.05) is 39.9 Å². The molecule has 132 valence electrons. The van der Waals surface area contributed by atoms with Crippen LogP contribution in [0.4, 0.5) is 4.39 Å². The molecule has 3 rings (SSSR count). The topological polar surface area (TPSA) is 46.1 Å². The van der Waals surface area contributed by atoms with E-state index < -0.39 is 0 Å². The number of benzene rings is 1. The highest BCUT2D eigenvalue weighted by molar-refractivity contribution is 5.80. The molecule has 0 bridgehead atoms. The molecule has 2 heterocycles. The van der Waals surface area contributed by atoms with Gasteiger partial charge < -0.3 is 19.7 Å². The maximum absolute atomic E-state index is 13.2. The Kier molecular flexibility index (Phi) is 5.23. The molecule has 2 atom stereocenters. The Morgan fingerprint density at radius 2 is 2.38 bits per heavy atom. The van der Waals surface area contributed by atoms with Crippen LogP contribution in [0.1, 0.15) is 19.8 Å². The number of hydrogen-bond acceptors (Lipinski definition) is 3. The highest BCUT2D eigenvalue weighted by Gasteiger charge is 2.42. The third kappa shape index (κ3) is 3.98. The highest BCUT2D eigenvalue weighted by Crippen LogP contribution is 2.38. The number of guanidine groups is 1. The standard InChI is InChI=1S/C18H26FN3O2/c1-14(24-16-5-3-4-15(19)10-16)11-21-17(20-2)22-8-6-18(12-22)7-9-23-13-18/h3-5,10,14H,6-9,11-13H2,1-2H3,(H,20,21). The maximum atomic E-state index is 13.2. The summed E-state index contributed by atoms with van der Waals surface area (Å²) in [5.74, 6) is 1.15. The van der Waals surface area contributed by atoms with Crippen LogP contribution in [0.25, 0.3) is 0 Å². The molecule has 0 radical (unpaired) electrons. The Bertz CT molecular complexity index is 587. The van der Waals surface area contributed by atoms with Crippen LogP contribution in [-0.4, -0.2) is 56.9 Å². The Labute approximate surface area is 142 Å². The van der Waals surface area contributed by atoms with Crippen molar-refractivity contribution >= 4 is 5.96 Å². The van der Waals surface area contributed by atoms with Crippen LogP contribution in [0, 0.1) is 11.2 Å². The van der Waals surface area contributed by atoms with Crippen molar-refractivity contribution in [2.45, 2.75) is 25.9 Å². The van der Waals surface area contributed by atoms with Gasteiger partial charge in [-0.25, -0.2) is 4.39 Å². The summed E-state index contributed by atoms with van der Waals surface area (Å²) in [7, 11) is 1.80. The van der Waals surface area contributed by atoms with E-state index in [4.69, 9.17) is 9.47 Å². The van der Waals surface area contributed by atoms with Gasteiger partial charge in [0.1, 0.15) is 17.7 Å². The zero-order valence-corrected chi connectivity index (χ0v) is 14.4. The summed E-state index contributed by atoms with van der Waals surface area (Å²) in [5.41, 5.74) is 0.307. The van der Waals surface area contributed by atoms with Crippen molar-refractivity contribution in [3.05, 3.63) is 30.1 Å². The van der Waals surface area contributed by atoms with E-state index >= 15 is 0 Å². The number of halogens is 1. The molecule has 1 N–H and O–H groups in total. The quantitative estimate of drug-likeness (QED) is 0.677. The van der Waals surface area contributed by atoms with E-state index in [9.17, 15) is 4.39 Å². The van der Waals surface area contributed by atoms with Gasteiger partial charge in [-0.05, 0) is 31.9 Å². The smallest absolute Gasteiger partial charge is 0.193 e. The van der Waals surface area contributed by atoms with E-state index in [-0.39, 0.29) is 11.9 Å². The van der Waals surface area contributed by atoms with Gasteiger partial charge in [0.2, 0.25) is 0 Å². The van der Waals surface area contributed by atoms with E-state index in [1.54, 1.807) is 19.2 Å². The minimum atomic E-state index is -0.287. The summed E-state index contributed by atoms with van der Waals surface area (Å²) in [6, 6.07) is 6.22. The van der Waals surface area contributed by atoms with Crippen molar-refractivity contribution in [3.63, 3.8) is 0 Å². The van der Waals surface area contributed by atoms with E-state index in [1.807, 2.05) is 6.92 Å². The van der Waals surface area contributed by atoms with Crippen molar-refractivity contribution in [2.24, 2.45) is 10.4 Å². The van der Waals surface area contributed by atoms with Crippen LogP contribution in [0.3, 0.4) is 0 Å². The minimum Gasteiger partial charge on any atom is -0.489 e. The predicted molar refractivity (Wildman–Crippen MR) is 91.9 cm³/mol. The summed E-state index contributed by atoms with van der Waals surface area (Å²) in [5, 5.41) is 3.37. The van der Waals surface area contributed by atoms with Gasteiger partial charge in [0.25, 0.3) is 0 Å². The van der Waals surface area contributed by atoms with E-state index in [2.05, 4.69) is 15.2 Å². The Morgan fingerprint density at radius 3 is 3.08 bits per heavy atom. The molecule has 2 saturated heterocycles. The molecule has 6 heteroatoms. The normalized spacial score (nSPS) is 25.3. The van der Waals surface area contributed by atoms with Crippen LogP contribution in [-0.2, 0) is 4.74 Å².